The highest BCUT2D eigenvalue weighted by molar-refractivity contribution is 7.65. The van der Waals surface area contributed by atoms with Crippen molar-refractivity contribution >= 4 is 18.5 Å². The molecule has 1 aromatic rings. The number of nitrogens with one attached hydrogen (secondary N) is 1. The highest BCUT2D eigenvalue weighted by atomic mass is 31.2. The second kappa shape index (κ2) is 8.68. The van der Waals surface area contributed by atoms with Crippen molar-refractivity contribution in [3.05, 3.63) is 24.3 Å². The molecule has 0 bridgehead atoms. The molecule has 0 spiro atoms. The number of benzene rings is 1. The van der Waals surface area contributed by atoms with Gasteiger partial charge in [0.2, 0.25) is 0 Å². The Balaban J connectivity index is 2.36. The summed E-state index contributed by atoms with van der Waals surface area (Å²) in [6, 6.07) is 7.93. The summed E-state index contributed by atoms with van der Waals surface area (Å²) in [5.74, 6) is 1.60. The van der Waals surface area contributed by atoms with Crippen molar-refractivity contribution in [3.63, 3.8) is 0 Å². The minimum atomic E-state index is -3.18. The molecule has 2 rings (SSSR count). The second-order valence-electron chi connectivity index (χ2n) is 9.79. The molecule has 1 aliphatic carbocycles. The van der Waals surface area contributed by atoms with Crippen LogP contribution in [0, 0.1) is 17.8 Å². The molecule has 1 fully saturated rings. The van der Waals surface area contributed by atoms with E-state index in [2.05, 4.69) is 25.9 Å². The van der Waals surface area contributed by atoms with Crippen LogP contribution in [-0.2, 0) is 9.09 Å². The predicted molar refractivity (Wildman–Crippen MR) is 117 cm³/mol. The van der Waals surface area contributed by atoms with Gasteiger partial charge in [-0.15, -0.1) is 0 Å². The fraction of sp³-hybridized carbons (Fsp3) is 0.727. The van der Waals surface area contributed by atoms with E-state index < -0.39 is 7.52 Å². The van der Waals surface area contributed by atoms with Crippen molar-refractivity contribution in [2.75, 3.05) is 19.0 Å². The molecule has 0 radical (unpaired) electrons. The molecule has 27 heavy (non-hydrogen) atoms. The maximum absolute atomic E-state index is 14.1. The van der Waals surface area contributed by atoms with Crippen LogP contribution in [-0.4, -0.2) is 25.7 Å². The first kappa shape index (κ1) is 22.5. The van der Waals surface area contributed by atoms with Crippen molar-refractivity contribution in [3.8, 4) is 0 Å². The van der Waals surface area contributed by atoms with E-state index in [1.165, 1.54) is 6.42 Å². The largest absolute Gasteiger partial charge is 0.378 e. The molecule has 5 heteroatoms. The maximum Gasteiger partial charge on any atom is 0.300 e. The molecule has 0 unspecified atom stereocenters. The third-order valence-corrected chi connectivity index (χ3v) is 7.94. The number of anilines is 1. The normalized spacial score (nSPS) is 26.0. The molecular formula is C22H39N2O2P. The molecular weight excluding hydrogens is 355 g/mol. The van der Waals surface area contributed by atoms with Crippen molar-refractivity contribution in [2.24, 2.45) is 17.8 Å². The number of nitrogens with zero attached hydrogens (tertiary/aromatic N) is 1. The number of rotatable bonds is 6. The number of hydrogen-bond donors (Lipinski definition) is 1. The lowest BCUT2D eigenvalue weighted by atomic mass is 9.75. The minimum absolute atomic E-state index is 0.0305. The Morgan fingerprint density at radius 1 is 1.15 bits per heavy atom. The smallest absolute Gasteiger partial charge is 0.300 e. The Hall–Kier alpha value is -0.830. The lowest BCUT2D eigenvalue weighted by Gasteiger charge is -2.40. The van der Waals surface area contributed by atoms with Gasteiger partial charge in [-0.25, -0.2) is 5.09 Å². The standard InChI is InChI=1S/C22H39N2O2P/c1-16(2)20-14-9-17(3)15-21(20)26-27(25,23-22(4,5)6)19-12-10-18(11-13-19)24(7)8/h10-13,16-17,20-21H,9,14-15H2,1-8H3,(H,23,25)/t17-,20+,21-,27+/m1/s1. The first-order valence-electron chi connectivity index (χ1n) is 10.3. The van der Waals surface area contributed by atoms with Gasteiger partial charge in [0.05, 0.1) is 11.4 Å². The van der Waals surface area contributed by atoms with Crippen molar-refractivity contribution < 1.29 is 9.09 Å². The monoisotopic (exact) mass is 394 g/mol. The summed E-state index contributed by atoms with van der Waals surface area (Å²) in [5, 5.41) is 4.09. The van der Waals surface area contributed by atoms with Crippen LogP contribution in [0.3, 0.4) is 0 Å². The van der Waals surface area contributed by atoms with Crippen molar-refractivity contribution in [2.45, 2.75) is 72.4 Å². The minimum Gasteiger partial charge on any atom is -0.378 e. The Morgan fingerprint density at radius 3 is 2.22 bits per heavy atom. The average molecular weight is 395 g/mol. The maximum atomic E-state index is 14.1. The molecule has 4 atom stereocenters. The summed E-state index contributed by atoms with van der Waals surface area (Å²) in [6.07, 6.45) is 3.40. The summed E-state index contributed by atoms with van der Waals surface area (Å²) in [4.78, 5) is 2.05. The first-order valence-corrected chi connectivity index (χ1v) is 11.9. The summed E-state index contributed by atoms with van der Waals surface area (Å²) in [5.41, 5.74) is 0.788. The highest BCUT2D eigenvalue weighted by Gasteiger charge is 2.39. The SMILES string of the molecule is CC(C)[C@@H]1CC[C@@H](C)C[C@H]1O[P@](=O)(NC(C)(C)C)c1ccc(N(C)C)cc1. The molecule has 0 aromatic heterocycles. The van der Waals surface area contributed by atoms with Gasteiger partial charge in [-0.3, -0.25) is 4.57 Å². The molecule has 0 amide bonds. The van der Waals surface area contributed by atoms with Gasteiger partial charge in [-0.2, -0.15) is 0 Å². The van der Waals surface area contributed by atoms with Gasteiger partial charge in [0.1, 0.15) is 0 Å². The third kappa shape index (κ3) is 6.07. The van der Waals surface area contributed by atoms with Crippen LogP contribution in [0.4, 0.5) is 5.69 Å². The molecule has 4 nitrogen and oxygen atoms in total. The van der Waals surface area contributed by atoms with E-state index in [0.29, 0.717) is 17.8 Å². The van der Waals surface area contributed by atoms with Crippen molar-refractivity contribution in [1.29, 1.82) is 0 Å². The Bertz CT molecular complexity index is 649. The second-order valence-corrected chi connectivity index (χ2v) is 11.8. The molecule has 1 aromatic carbocycles. The van der Waals surface area contributed by atoms with E-state index in [-0.39, 0.29) is 11.6 Å². The zero-order valence-corrected chi connectivity index (χ0v) is 19.3. The fourth-order valence-corrected chi connectivity index (χ4v) is 6.32. The molecule has 154 valence electrons. The van der Waals surface area contributed by atoms with Gasteiger partial charge in [-0.05, 0) is 75.6 Å². The van der Waals surface area contributed by atoms with Crippen LogP contribution in [0.25, 0.3) is 0 Å². The summed E-state index contributed by atoms with van der Waals surface area (Å²) in [6.45, 7) is 12.9. The lowest BCUT2D eigenvalue weighted by Crippen LogP contribution is -2.41. The van der Waals surface area contributed by atoms with E-state index in [4.69, 9.17) is 4.52 Å². The van der Waals surface area contributed by atoms with Crippen LogP contribution in [0.15, 0.2) is 24.3 Å². The zero-order chi connectivity index (χ0) is 20.4. The molecule has 0 saturated heterocycles. The Labute approximate surface area is 166 Å². The van der Waals surface area contributed by atoms with Gasteiger partial charge in [0.25, 0.3) is 7.52 Å². The van der Waals surface area contributed by atoms with Gasteiger partial charge in [0.15, 0.2) is 0 Å². The average Bonchev–Trinajstić information content (AvgIpc) is 2.52. The quantitative estimate of drug-likeness (QED) is 0.653. The van der Waals surface area contributed by atoms with Crippen molar-refractivity contribution in [1.82, 2.24) is 5.09 Å². The van der Waals surface area contributed by atoms with Gasteiger partial charge in [-0.1, -0.05) is 27.2 Å². The molecule has 1 aliphatic rings. The van der Waals surface area contributed by atoms with Gasteiger partial charge < -0.3 is 9.42 Å². The fourth-order valence-electron chi connectivity index (χ4n) is 3.97. The van der Waals surface area contributed by atoms with Crippen LogP contribution in [0.1, 0.15) is 60.8 Å². The summed E-state index contributed by atoms with van der Waals surface area (Å²) in [7, 11) is 0.834. The lowest BCUT2D eigenvalue weighted by molar-refractivity contribution is 0.0474. The van der Waals surface area contributed by atoms with E-state index >= 15 is 0 Å². The zero-order valence-electron chi connectivity index (χ0n) is 18.5. The molecule has 0 aliphatic heterocycles. The number of hydrogen-bond acceptors (Lipinski definition) is 3. The van der Waals surface area contributed by atoms with E-state index in [1.54, 1.807) is 0 Å². The predicted octanol–water partition coefficient (Wildman–Crippen LogP) is 5.44. The van der Waals surface area contributed by atoms with Gasteiger partial charge >= 0.3 is 0 Å². The summed E-state index contributed by atoms with van der Waals surface area (Å²) < 4.78 is 20.6. The van der Waals surface area contributed by atoms with Crippen LogP contribution < -0.4 is 15.3 Å². The topological polar surface area (TPSA) is 41.6 Å². The summed E-state index contributed by atoms with van der Waals surface area (Å²) >= 11 is 0. The molecule has 1 saturated carbocycles. The molecule has 0 heterocycles. The van der Waals surface area contributed by atoms with Gasteiger partial charge in [0, 0.05) is 25.3 Å². The van der Waals surface area contributed by atoms with Crippen LogP contribution in [0.2, 0.25) is 0 Å². The Morgan fingerprint density at radius 2 is 1.74 bits per heavy atom. The third-order valence-electron chi connectivity index (χ3n) is 5.43. The van der Waals surface area contributed by atoms with E-state index in [0.717, 1.165) is 23.8 Å². The van der Waals surface area contributed by atoms with E-state index in [1.807, 2.05) is 64.0 Å². The Kier molecular flexibility index (Phi) is 7.22. The van der Waals surface area contributed by atoms with Crippen LogP contribution >= 0.6 is 7.52 Å². The van der Waals surface area contributed by atoms with E-state index in [9.17, 15) is 4.57 Å². The van der Waals surface area contributed by atoms with Crippen LogP contribution in [0.5, 0.6) is 0 Å². The highest BCUT2D eigenvalue weighted by Crippen LogP contribution is 2.49. The first-order chi connectivity index (χ1) is 12.4. The molecule has 1 N–H and O–H groups in total.